The minimum atomic E-state index is -1.15. The van der Waals surface area contributed by atoms with Crippen LogP contribution in [0.2, 0.25) is 0 Å². The average molecular weight is 287 g/mol. The Balaban J connectivity index is 1.80. The summed E-state index contributed by atoms with van der Waals surface area (Å²) in [7, 11) is 0. The molecule has 110 valence electrons. The predicted octanol–water partition coefficient (Wildman–Crippen LogP) is 1.28. The molecule has 0 radical (unpaired) electrons. The van der Waals surface area contributed by atoms with Gasteiger partial charge in [0.15, 0.2) is 0 Å². The maximum absolute atomic E-state index is 12.5. The topological polar surface area (TPSA) is 78.5 Å². The zero-order chi connectivity index (χ0) is 15.0. The van der Waals surface area contributed by atoms with Gasteiger partial charge in [-0.15, -0.1) is 0 Å². The number of hydrogen-bond donors (Lipinski definition) is 2. The van der Waals surface area contributed by atoms with Crippen LogP contribution in [0.5, 0.6) is 0 Å². The van der Waals surface area contributed by atoms with Crippen LogP contribution in [-0.2, 0) is 15.1 Å². The van der Waals surface area contributed by atoms with E-state index in [0.717, 1.165) is 24.3 Å². The maximum Gasteiger partial charge on any atom is 0.344 e. The first-order chi connectivity index (χ1) is 10.0. The van der Waals surface area contributed by atoms with Crippen molar-refractivity contribution in [1.82, 2.24) is 15.8 Å². The maximum atomic E-state index is 12.5. The lowest BCUT2D eigenvalue weighted by Crippen LogP contribution is -2.50. The lowest BCUT2D eigenvalue weighted by molar-refractivity contribution is -0.141. The Morgan fingerprint density at radius 3 is 2.52 bits per heavy atom. The molecule has 0 unspecified atom stereocenters. The summed E-state index contributed by atoms with van der Waals surface area (Å²) in [6.45, 7) is 1.64. The van der Waals surface area contributed by atoms with Gasteiger partial charge in [-0.25, -0.2) is 4.79 Å². The molecule has 0 spiro atoms. The molecule has 1 heterocycles. The number of benzene rings is 1. The molecule has 1 aromatic carbocycles. The van der Waals surface area contributed by atoms with Crippen LogP contribution in [0.1, 0.15) is 31.7 Å². The minimum Gasteiger partial charge on any atom is -0.318 e. The van der Waals surface area contributed by atoms with E-state index in [0.29, 0.717) is 5.56 Å². The molecule has 2 N–H and O–H groups in total. The molecule has 2 aliphatic rings. The summed E-state index contributed by atoms with van der Waals surface area (Å²) in [5.74, 6) is -0.817. The van der Waals surface area contributed by atoms with Gasteiger partial charge in [0, 0.05) is 5.92 Å². The molecule has 21 heavy (non-hydrogen) atoms. The highest BCUT2D eigenvalue weighted by Gasteiger charge is 2.50. The van der Waals surface area contributed by atoms with Crippen LogP contribution < -0.4 is 10.7 Å². The number of nitrogens with zero attached hydrogens (tertiary/aromatic N) is 1. The second-order valence-electron chi connectivity index (χ2n) is 5.67. The highest BCUT2D eigenvalue weighted by atomic mass is 16.2. The second kappa shape index (κ2) is 4.87. The van der Waals surface area contributed by atoms with Crippen LogP contribution in [-0.4, -0.2) is 22.9 Å². The minimum absolute atomic E-state index is 0.0887. The number of urea groups is 1. The normalized spacial score (nSPS) is 25.5. The van der Waals surface area contributed by atoms with Gasteiger partial charge in [-0.3, -0.25) is 15.0 Å². The van der Waals surface area contributed by atoms with E-state index in [2.05, 4.69) is 10.7 Å². The Hall–Kier alpha value is -2.37. The van der Waals surface area contributed by atoms with Gasteiger partial charge in [-0.05, 0) is 25.3 Å². The molecule has 1 aliphatic heterocycles. The van der Waals surface area contributed by atoms with E-state index in [9.17, 15) is 14.4 Å². The Labute approximate surface area is 122 Å². The van der Waals surface area contributed by atoms with Gasteiger partial charge in [-0.2, -0.15) is 5.01 Å². The third-order valence-electron chi connectivity index (χ3n) is 4.24. The van der Waals surface area contributed by atoms with Crippen molar-refractivity contribution in [3.05, 3.63) is 35.9 Å². The number of hydrogen-bond acceptors (Lipinski definition) is 3. The van der Waals surface area contributed by atoms with Crippen molar-refractivity contribution in [3.8, 4) is 0 Å². The molecular weight excluding hydrogens is 270 g/mol. The molecule has 6 nitrogen and oxygen atoms in total. The predicted molar refractivity (Wildman–Crippen MR) is 74.7 cm³/mol. The van der Waals surface area contributed by atoms with E-state index in [1.807, 2.05) is 6.07 Å². The first-order valence-corrected chi connectivity index (χ1v) is 7.05. The number of rotatable bonds is 3. The summed E-state index contributed by atoms with van der Waals surface area (Å²) < 4.78 is 0. The first-order valence-electron chi connectivity index (χ1n) is 7.05. The van der Waals surface area contributed by atoms with Crippen LogP contribution in [0.15, 0.2) is 30.3 Å². The third-order valence-corrected chi connectivity index (χ3v) is 4.24. The third kappa shape index (κ3) is 2.16. The zero-order valence-corrected chi connectivity index (χ0v) is 11.8. The van der Waals surface area contributed by atoms with Crippen molar-refractivity contribution in [2.45, 2.75) is 31.7 Å². The standard InChI is InChI=1S/C15H17N3O3/c1-15(11-8-3-2-4-9-11)13(20)18(14(21)16-15)17-12(19)10-6-5-7-10/h2-4,8-10H,5-7H2,1H3,(H,16,21)(H,17,19)/t15-/m0/s1. The van der Waals surface area contributed by atoms with Crippen LogP contribution >= 0.6 is 0 Å². The number of imide groups is 1. The summed E-state index contributed by atoms with van der Waals surface area (Å²) in [4.78, 5) is 36.5. The fraction of sp³-hybridized carbons (Fsp3) is 0.400. The SMILES string of the molecule is C[C@@]1(c2ccccc2)NC(=O)N(NC(=O)C2CCC2)C1=O. The van der Waals surface area contributed by atoms with Crippen LogP contribution in [0.25, 0.3) is 0 Å². The zero-order valence-electron chi connectivity index (χ0n) is 11.8. The Bertz CT molecular complexity index is 597. The Morgan fingerprint density at radius 2 is 1.95 bits per heavy atom. The summed E-state index contributed by atoms with van der Waals surface area (Å²) in [6.07, 6.45) is 2.64. The molecule has 2 fully saturated rings. The van der Waals surface area contributed by atoms with E-state index in [1.165, 1.54) is 0 Å². The molecule has 0 bridgehead atoms. The van der Waals surface area contributed by atoms with Gasteiger partial charge in [-0.1, -0.05) is 36.8 Å². The molecule has 0 aromatic heterocycles. The second-order valence-corrected chi connectivity index (χ2v) is 5.67. The van der Waals surface area contributed by atoms with Crippen LogP contribution in [0.3, 0.4) is 0 Å². The number of carbonyl (C=O) groups excluding carboxylic acids is 3. The van der Waals surface area contributed by atoms with Gasteiger partial charge < -0.3 is 5.32 Å². The van der Waals surface area contributed by atoms with E-state index >= 15 is 0 Å². The fourth-order valence-electron chi connectivity index (χ4n) is 2.58. The smallest absolute Gasteiger partial charge is 0.318 e. The fourth-order valence-corrected chi connectivity index (χ4v) is 2.58. The number of carbonyl (C=O) groups is 3. The molecule has 1 atom stereocenters. The Kier molecular flexibility index (Phi) is 3.16. The van der Waals surface area contributed by atoms with Crippen molar-refractivity contribution in [2.75, 3.05) is 0 Å². The molecular formula is C15H17N3O3. The van der Waals surface area contributed by atoms with Gasteiger partial charge in [0.2, 0.25) is 5.91 Å². The summed E-state index contributed by atoms with van der Waals surface area (Å²) >= 11 is 0. The van der Waals surface area contributed by atoms with Crippen molar-refractivity contribution in [1.29, 1.82) is 0 Å². The number of hydrazine groups is 1. The molecule has 3 rings (SSSR count). The van der Waals surface area contributed by atoms with E-state index in [1.54, 1.807) is 31.2 Å². The molecule has 4 amide bonds. The van der Waals surface area contributed by atoms with E-state index < -0.39 is 17.5 Å². The van der Waals surface area contributed by atoms with Gasteiger partial charge in [0.05, 0.1) is 0 Å². The molecule has 1 saturated carbocycles. The molecule has 1 aliphatic carbocycles. The lowest BCUT2D eigenvalue weighted by Gasteiger charge is -2.26. The first kappa shape index (κ1) is 13.6. The Morgan fingerprint density at radius 1 is 1.29 bits per heavy atom. The van der Waals surface area contributed by atoms with Crippen molar-refractivity contribution in [2.24, 2.45) is 5.92 Å². The molecule has 1 aromatic rings. The van der Waals surface area contributed by atoms with Crippen LogP contribution in [0.4, 0.5) is 4.79 Å². The van der Waals surface area contributed by atoms with Gasteiger partial charge in [0.1, 0.15) is 5.54 Å². The van der Waals surface area contributed by atoms with Crippen molar-refractivity contribution in [3.63, 3.8) is 0 Å². The average Bonchev–Trinajstić information content (AvgIpc) is 2.63. The number of amides is 4. The monoisotopic (exact) mass is 287 g/mol. The van der Waals surface area contributed by atoms with Crippen molar-refractivity contribution < 1.29 is 14.4 Å². The van der Waals surface area contributed by atoms with Crippen LogP contribution in [0, 0.1) is 5.92 Å². The highest BCUT2D eigenvalue weighted by Crippen LogP contribution is 2.29. The largest absolute Gasteiger partial charge is 0.344 e. The molecule has 1 saturated heterocycles. The van der Waals surface area contributed by atoms with Gasteiger partial charge in [0.25, 0.3) is 5.91 Å². The summed E-state index contributed by atoms with van der Waals surface area (Å²) in [5.41, 5.74) is 1.97. The lowest BCUT2D eigenvalue weighted by atomic mass is 9.85. The summed E-state index contributed by atoms with van der Waals surface area (Å²) in [5, 5.41) is 3.45. The van der Waals surface area contributed by atoms with Crippen molar-refractivity contribution >= 4 is 17.8 Å². The number of nitrogens with one attached hydrogen (secondary N) is 2. The quantitative estimate of drug-likeness (QED) is 0.822. The van der Waals surface area contributed by atoms with E-state index in [4.69, 9.17) is 0 Å². The van der Waals surface area contributed by atoms with E-state index in [-0.39, 0.29) is 11.8 Å². The summed E-state index contributed by atoms with van der Waals surface area (Å²) in [6, 6.07) is 8.39. The highest BCUT2D eigenvalue weighted by molar-refractivity contribution is 6.08. The molecule has 6 heteroatoms. The van der Waals surface area contributed by atoms with Gasteiger partial charge >= 0.3 is 6.03 Å².